The average molecular weight is 419 g/mol. The van der Waals surface area contributed by atoms with Gasteiger partial charge in [0.05, 0.1) is 26.4 Å². The topological polar surface area (TPSA) is 78.4 Å². The quantitative estimate of drug-likeness (QED) is 0.445. The number of nitrogens with one attached hydrogen (secondary N) is 2. The molecule has 1 unspecified atom stereocenters. The maximum Gasteiger partial charge on any atom is 0.191 e. The van der Waals surface area contributed by atoms with Gasteiger partial charge in [0, 0.05) is 38.3 Å². The minimum Gasteiger partial charge on any atom is -0.497 e. The fourth-order valence-electron chi connectivity index (χ4n) is 4.42. The number of aliphatic hydroxyl groups is 1. The maximum atomic E-state index is 10.7. The van der Waals surface area contributed by atoms with Crippen molar-refractivity contribution < 1.29 is 14.6 Å². The number of guanidine groups is 1. The second kappa shape index (κ2) is 10.9. The van der Waals surface area contributed by atoms with Gasteiger partial charge in [-0.15, -0.1) is 0 Å². The van der Waals surface area contributed by atoms with Gasteiger partial charge in [-0.3, -0.25) is 9.89 Å². The van der Waals surface area contributed by atoms with Crippen molar-refractivity contribution in [3.63, 3.8) is 0 Å². The minimum atomic E-state index is -0.631. The van der Waals surface area contributed by atoms with Crippen LogP contribution in [0.2, 0.25) is 0 Å². The third-order valence-corrected chi connectivity index (χ3v) is 6.09. The summed E-state index contributed by atoms with van der Waals surface area (Å²) in [6, 6.07) is 6.38. The fraction of sp³-hybridized carbons (Fsp3) is 0.696. The predicted molar refractivity (Wildman–Crippen MR) is 120 cm³/mol. The Morgan fingerprint density at radius 2 is 1.87 bits per heavy atom. The molecule has 1 aromatic carbocycles. The minimum absolute atomic E-state index is 0.344. The van der Waals surface area contributed by atoms with Crippen molar-refractivity contribution in [2.45, 2.75) is 63.6 Å². The molecule has 3 N–H and O–H groups in total. The highest BCUT2D eigenvalue weighted by Crippen LogP contribution is 2.28. The SMILES string of the molecule is CCNC(=NCC1(O)CCCCC1)NC1CCN(Cc2cc(OC)cc(OC)c2)C1. The van der Waals surface area contributed by atoms with Crippen molar-refractivity contribution in [1.29, 1.82) is 0 Å². The van der Waals surface area contributed by atoms with Gasteiger partial charge in [0.15, 0.2) is 5.96 Å². The van der Waals surface area contributed by atoms with Crippen molar-refractivity contribution in [1.82, 2.24) is 15.5 Å². The Kier molecular flexibility index (Phi) is 8.22. The van der Waals surface area contributed by atoms with Crippen LogP contribution in [0.1, 0.15) is 51.0 Å². The molecule has 1 aliphatic heterocycles. The molecule has 1 aromatic rings. The first kappa shape index (κ1) is 22.7. The molecule has 0 amide bonds. The molecular formula is C23H38N4O3. The number of ether oxygens (including phenoxy) is 2. The van der Waals surface area contributed by atoms with E-state index in [1.54, 1.807) is 14.2 Å². The van der Waals surface area contributed by atoms with Crippen LogP contribution in [0.4, 0.5) is 0 Å². The number of methoxy groups -OCH3 is 2. The van der Waals surface area contributed by atoms with E-state index in [0.717, 1.165) is 75.7 Å². The van der Waals surface area contributed by atoms with Gasteiger partial charge in [-0.05, 0) is 43.9 Å². The highest BCUT2D eigenvalue weighted by Gasteiger charge is 2.29. The van der Waals surface area contributed by atoms with E-state index < -0.39 is 5.60 Å². The Hall–Kier alpha value is -1.99. The van der Waals surface area contributed by atoms with Gasteiger partial charge in [0.1, 0.15) is 11.5 Å². The third kappa shape index (κ3) is 6.51. The lowest BCUT2D eigenvalue weighted by molar-refractivity contribution is 0.0131. The van der Waals surface area contributed by atoms with E-state index in [1.165, 1.54) is 12.0 Å². The molecule has 3 rings (SSSR count). The Morgan fingerprint density at radius 1 is 1.17 bits per heavy atom. The lowest BCUT2D eigenvalue weighted by atomic mass is 9.85. The smallest absolute Gasteiger partial charge is 0.191 e. The summed E-state index contributed by atoms with van der Waals surface area (Å²) in [7, 11) is 3.36. The molecule has 1 atom stereocenters. The van der Waals surface area contributed by atoms with Crippen LogP contribution in [0.25, 0.3) is 0 Å². The number of aliphatic imine (C=N–C) groups is 1. The molecule has 0 aromatic heterocycles. The number of nitrogens with zero attached hydrogens (tertiary/aromatic N) is 2. The van der Waals surface area contributed by atoms with Crippen LogP contribution in [0.5, 0.6) is 11.5 Å². The summed E-state index contributed by atoms with van der Waals surface area (Å²) in [6.45, 7) is 6.20. The molecule has 30 heavy (non-hydrogen) atoms. The summed E-state index contributed by atoms with van der Waals surface area (Å²) < 4.78 is 10.8. The number of hydrogen-bond acceptors (Lipinski definition) is 5. The molecule has 0 radical (unpaired) electrons. The Bertz CT molecular complexity index is 681. The van der Waals surface area contributed by atoms with E-state index in [4.69, 9.17) is 14.5 Å². The van der Waals surface area contributed by atoms with Crippen LogP contribution >= 0.6 is 0 Å². The second-order valence-electron chi connectivity index (χ2n) is 8.57. The van der Waals surface area contributed by atoms with Gasteiger partial charge < -0.3 is 25.2 Å². The molecule has 2 aliphatic rings. The van der Waals surface area contributed by atoms with Gasteiger partial charge >= 0.3 is 0 Å². The molecule has 168 valence electrons. The zero-order valence-electron chi connectivity index (χ0n) is 18.7. The molecule has 1 aliphatic carbocycles. The highest BCUT2D eigenvalue weighted by molar-refractivity contribution is 5.80. The van der Waals surface area contributed by atoms with Crippen molar-refractivity contribution in [3.05, 3.63) is 23.8 Å². The van der Waals surface area contributed by atoms with Crippen molar-refractivity contribution in [2.24, 2.45) is 4.99 Å². The maximum absolute atomic E-state index is 10.7. The van der Waals surface area contributed by atoms with E-state index in [0.29, 0.717) is 12.6 Å². The zero-order valence-corrected chi connectivity index (χ0v) is 18.7. The standard InChI is InChI=1S/C23H38N4O3/c1-4-24-22(25-17-23(28)9-6-5-7-10-23)26-19-8-11-27(16-19)15-18-12-20(29-2)14-21(13-18)30-3/h12-14,19,28H,4-11,15-17H2,1-3H3,(H2,24,25,26). The summed E-state index contributed by atoms with van der Waals surface area (Å²) in [4.78, 5) is 7.15. The highest BCUT2D eigenvalue weighted by atomic mass is 16.5. The van der Waals surface area contributed by atoms with Crippen LogP contribution in [-0.4, -0.2) is 68.0 Å². The van der Waals surface area contributed by atoms with Gasteiger partial charge in [0.2, 0.25) is 0 Å². The Labute approximate surface area is 180 Å². The fourth-order valence-corrected chi connectivity index (χ4v) is 4.42. The first-order chi connectivity index (χ1) is 14.5. The third-order valence-electron chi connectivity index (χ3n) is 6.09. The second-order valence-corrected chi connectivity index (χ2v) is 8.57. The molecule has 7 heteroatoms. The molecule has 1 saturated carbocycles. The lowest BCUT2D eigenvalue weighted by Gasteiger charge is -2.30. The zero-order chi connectivity index (χ0) is 21.4. The van der Waals surface area contributed by atoms with Crippen LogP contribution < -0.4 is 20.1 Å². The van der Waals surface area contributed by atoms with E-state index >= 15 is 0 Å². The van der Waals surface area contributed by atoms with Crippen LogP contribution in [0.15, 0.2) is 23.2 Å². The van der Waals surface area contributed by atoms with Gasteiger partial charge in [-0.25, -0.2) is 0 Å². The summed E-state index contributed by atoms with van der Waals surface area (Å²) in [5.41, 5.74) is 0.556. The first-order valence-corrected chi connectivity index (χ1v) is 11.2. The van der Waals surface area contributed by atoms with Crippen molar-refractivity contribution >= 4 is 5.96 Å². The summed E-state index contributed by atoms with van der Waals surface area (Å²) >= 11 is 0. The number of benzene rings is 1. The van der Waals surface area contributed by atoms with Crippen molar-refractivity contribution in [2.75, 3.05) is 40.4 Å². The Morgan fingerprint density at radius 3 is 2.50 bits per heavy atom. The van der Waals surface area contributed by atoms with E-state index in [-0.39, 0.29) is 0 Å². The number of likely N-dealkylation sites (tertiary alicyclic amines) is 1. The normalized spacial score (nSPS) is 22.0. The lowest BCUT2D eigenvalue weighted by Crippen LogP contribution is -2.46. The molecular weight excluding hydrogens is 380 g/mol. The molecule has 7 nitrogen and oxygen atoms in total. The average Bonchev–Trinajstić information content (AvgIpc) is 3.19. The molecule has 1 saturated heterocycles. The summed E-state index contributed by atoms with van der Waals surface area (Å²) in [6.07, 6.45) is 6.21. The first-order valence-electron chi connectivity index (χ1n) is 11.2. The predicted octanol–water partition coefficient (Wildman–Crippen LogP) is 2.53. The van der Waals surface area contributed by atoms with Crippen LogP contribution in [0, 0.1) is 0 Å². The van der Waals surface area contributed by atoms with Gasteiger partial charge in [0.25, 0.3) is 0 Å². The molecule has 0 spiro atoms. The van der Waals surface area contributed by atoms with Crippen molar-refractivity contribution in [3.8, 4) is 11.5 Å². The monoisotopic (exact) mass is 418 g/mol. The molecule has 1 heterocycles. The largest absolute Gasteiger partial charge is 0.497 e. The van der Waals surface area contributed by atoms with Crippen LogP contribution in [-0.2, 0) is 6.54 Å². The van der Waals surface area contributed by atoms with E-state index in [1.807, 2.05) is 6.07 Å². The van der Waals surface area contributed by atoms with Crippen LogP contribution in [0.3, 0.4) is 0 Å². The molecule has 2 fully saturated rings. The number of hydrogen-bond donors (Lipinski definition) is 3. The number of rotatable bonds is 8. The Balaban J connectivity index is 1.55. The van der Waals surface area contributed by atoms with E-state index in [2.05, 4.69) is 34.6 Å². The summed E-state index contributed by atoms with van der Waals surface area (Å²) in [5, 5.41) is 17.7. The van der Waals surface area contributed by atoms with Gasteiger partial charge in [-0.2, -0.15) is 0 Å². The molecule has 0 bridgehead atoms. The van der Waals surface area contributed by atoms with E-state index in [9.17, 15) is 5.11 Å². The summed E-state index contributed by atoms with van der Waals surface area (Å²) in [5.74, 6) is 2.45. The van der Waals surface area contributed by atoms with Gasteiger partial charge in [-0.1, -0.05) is 19.3 Å².